The fourth-order valence-electron chi connectivity index (χ4n) is 2.45. The standard InChI is InChI=1S/C16H22NO.Y/c1-15(2,3)11-13(16(4,5)6)10-12-8-7-9-17-14(12)18;/h7,9-10H,1-6H3,(H,17,18);. The Morgan fingerprint density at radius 3 is 2.21 bits per heavy atom. The average Bonchev–Trinajstić information content (AvgIpc) is 2.25. The number of aromatic hydroxyl groups is 1. The van der Waals surface area contributed by atoms with Crippen LogP contribution in [0.15, 0.2) is 20.2 Å². The molecule has 1 aromatic heterocycles. The molecule has 1 aromatic rings. The zero-order chi connectivity index (χ0) is 14.4. The molecule has 0 spiro atoms. The first-order valence-electron chi connectivity index (χ1n) is 6.73. The maximum atomic E-state index is 9.99. The third kappa shape index (κ3) is 3.06. The molecular formula is C16H22NOY. The van der Waals surface area contributed by atoms with Crippen LogP contribution in [-0.2, 0) is 28.7 Å². The predicted molar refractivity (Wildman–Crippen MR) is 74.8 cm³/mol. The van der Waals surface area contributed by atoms with E-state index in [-0.39, 0.29) is 16.7 Å². The monoisotopic (exact) mass is 333 g/mol. The summed E-state index contributed by atoms with van der Waals surface area (Å²) >= 11 is -1.06. The van der Waals surface area contributed by atoms with Gasteiger partial charge in [0.15, 0.2) is 0 Å². The van der Waals surface area contributed by atoms with Crippen molar-refractivity contribution in [2.75, 3.05) is 0 Å². The number of fused-ring (bicyclic) bond motifs is 1. The molecule has 2 nitrogen and oxygen atoms in total. The Kier molecular flexibility index (Phi) is 3.88. The van der Waals surface area contributed by atoms with Gasteiger partial charge in [0.25, 0.3) is 0 Å². The molecule has 0 bridgehead atoms. The molecule has 1 aliphatic rings. The molecule has 100 valence electrons. The van der Waals surface area contributed by atoms with Crippen molar-refractivity contribution in [3.63, 3.8) is 0 Å². The minimum absolute atomic E-state index is 0.120. The van der Waals surface area contributed by atoms with Gasteiger partial charge in [-0.05, 0) is 0 Å². The number of hydrogen-bond acceptors (Lipinski definition) is 2. The van der Waals surface area contributed by atoms with Crippen LogP contribution >= 0.6 is 0 Å². The quantitative estimate of drug-likeness (QED) is 0.791. The second-order valence-corrected chi connectivity index (χ2v) is 10.9. The van der Waals surface area contributed by atoms with E-state index in [0.717, 1.165) is 5.22 Å². The van der Waals surface area contributed by atoms with Crippen molar-refractivity contribution < 1.29 is 33.8 Å². The first-order valence-corrected chi connectivity index (χ1v) is 9.57. The molecule has 0 saturated carbocycles. The number of pyridine rings is 1. The first-order chi connectivity index (χ1) is 8.60. The molecule has 0 saturated heterocycles. The fraction of sp³-hybridized carbons (Fsp3) is 0.500. The number of hydrogen-bond donors (Lipinski definition) is 1. The topological polar surface area (TPSA) is 33.1 Å². The molecule has 0 radical (unpaired) electrons. The summed E-state index contributed by atoms with van der Waals surface area (Å²) in [5.74, 6) is 0.193. The Balaban J connectivity index is 2.84. The van der Waals surface area contributed by atoms with E-state index in [1.807, 2.05) is 0 Å². The Hall–Kier alpha value is -0.336. The van der Waals surface area contributed by atoms with Crippen molar-refractivity contribution in [2.24, 2.45) is 10.8 Å². The first kappa shape index (κ1) is 15.1. The molecule has 0 unspecified atom stereocenters. The normalized spacial score (nSPS) is 15.3. The third-order valence-electron chi connectivity index (χ3n) is 3.50. The molecule has 3 heteroatoms. The molecular weight excluding hydrogens is 311 g/mol. The van der Waals surface area contributed by atoms with E-state index in [2.05, 4.69) is 58.7 Å². The number of allylic oxidation sites excluding steroid dienone is 2. The van der Waals surface area contributed by atoms with E-state index in [1.54, 1.807) is 8.58 Å². The van der Waals surface area contributed by atoms with Crippen LogP contribution in [0.3, 0.4) is 0 Å². The van der Waals surface area contributed by atoms with Gasteiger partial charge in [0.05, 0.1) is 0 Å². The summed E-state index contributed by atoms with van der Waals surface area (Å²) in [5.41, 5.74) is 1.75. The minimum atomic E-state index is -1.06. The molecule has 0 aromatic carbocycles. The van der Waals surface area contributed by atoms with Crippen LogP contribution in [-0.4, -0.2) is 10.1 Å². The van der Waals surface area contributed by atoms with Crippen molar-refractivity contribution in [3.05, 3.63) is 27.4 Å². The zero-order valence-corrected chi connectivity index (χ0v) is 15.5. The number of nitrogens with zero attached hydrogens (tertiary/aromatic N) is 1. The summed E-state index contributed by atoms with van der Waals surface area (Å²) in [6.45, 7) is 13.7. The van der Waals surface area contributed by atoms with Gasteiger partial charge < -0.3 is 0 Å². The van der Waals surface area contributed by atoms with Crippen LogP contribution in [0.25, 0.3) is 6.08 Å². The van der Waals surface area contributed by atoms with Crippen molar-refractivity contribution in [3.8, 4) is 5.88 Å². The van der Waals surface area contributed by atoms with Gasteiger partial charge in [0.2, 0.25) is 0 Å². The van der Waals surface area contributed by atoms with Gasteiger partial charge in [-0.2, -0.15) is 0 Å². The van der Waals surface area contributed by atoms with Crippen molar-refractivity contribution in [1.29, 1.82) is 0 Å². The Morgan fingerprint density at radius 1 is 1.05 bits per heavy atom. The second kappa shape index (κ2) is 4.89. The van der Waals surface area contributed by atoms with Crippen LogP contribution < -0.4 is 5.22 Å². The van der Waals surface area contributed by atoms with E-state index in [0.29, 0.717) is 0 Å². The average molecular weight is 333 g/mol. The fourth-order valence-corrected chi connectivity index (χ4v) is 7.28. The molecule has 0 atom stereocenters. The Labute approximate surface area is 130 Å². The third-order valence-corrected chi connectivity index (χ3v) is 9.10. The summed E-state index contributed by atoms with van der Waals surface area (Å²) in [5, 5.41) is 11.0. The number of rotatable bonds is 0. The van der Waals surface area contributed by atoms with Crippen LogP contribution in [0.1, 0.15) is 41.5 Å². The summed E-state index contributed by atoms with van der Waals surface area (Å²) in [6, 6.07) is 2.10. The van der Waals surface area contributed by atoms with Gasteiger partial charge >= 0.3 is 130 Å². The molecule has 0 fully saturated rings. The summed E-state index contributed by atoms with van der Waals surface area (Å²) in [7, 11) is 0. The van der Waals surface area contributed by atoms with Gasteiger partial charge in [0, 0.05) is 0 Å². The van der Waals surface area contributed by atoms with E-state index in [1.165, 1.54) is 7.52 Å². The number of aromatic nitrogens is 1. The molecule has 2 rings (SSSR count). The Morgan fingerprint density at radius 2 is 1.68 bits per heavy atom. The van der Waals surface area contributed by atoms with Crippen molar-refractivity contribution >= 4 is 6.08 Å². The van der Waals surface area contributed by atoms with E-state index in [9.17, 15) is 5.11 Å². The van der Waals surface area contributed by atoms with Crippen molar-refractivity contribution in [1.82, 2.24) is 4.98 Å². The SMILES string of the molecule is CC(C)(C)C1=[C](C(C)(C)C)[Y]=[c]2ccnc(O)c2=C1. The Bertz CT molecular complexity index is 657. The van der Waals surface area contributed by atoms with Gasteiger partial charge in [-0.3, -0.25) is 0 Å². The van der Waals surface area contributed by atoms with Crippen molar-refractivity contribution in [2.45, 2.75) is 41.5 Å². The van der Waals surface area contributed by atoms with Gasteiger partial charge in [-0.15, -0.1) is 0 Å². The van der Waals surface area contributed by atoms with E-state index < -0.39 is 28.7 Å². The predicted octanol–water partition coefficient (Wildman–Crippen LogP) is 3.26. The van der Waals surface area contributed by atoms with Gasteiger partial charge in [-0.1, -0.05) is 0 Å². The van der Waals surface area contributed by atoms with E-state index in [4.69, 9.17) is 0 Å². The van der Waals surface area contributed by atoms with Gasteiger partial charge in [-0.25, -0.2) is 0 Å². The maximum absolute atomic E-state index is 9.99. The molecule has 0 aliphatic carbocycles. The second-order valence-electron chi connectivity index (χ2n) is 7.25. The van der Waals surface area contributed by atoms with Crippen LogP contribution in [0, 0.1) is 12.8 Å². The van der Waals surface area contributed by atoms with E-state index >= 15 is 0 Å². The van der Waals surface area contributed by atoms with Crippen LogP contribution in [0.5, 0.6) is 5.88 Å². The van der Waals surface area contributed by atoms with Gasteiger partial charge in [0.1, 0.15) is 0 Å². The summed E-state index contributed by atoms with van der Waals surface area (Å²) in [4.78, 5) is 4.03. The van der Waals surface area contributed by atoms with Crippen LogP contribution in [0.2, 0.25) is 0 Å². The van der Waals surface area contributed by atoms with Crippen LogP contribution in [0.4, 0.5) is 0 Å². The molecule has 1 aliphatic heterocycles. The molecule has 0 amide bonds. The molecule has 1 N–H and O–H groups in total. The molecule has 2 heterocycles. The summed E-state index contributed by atoms with van der Waals surface area (Å²) < 4.78 is 3.01. The molecule has 19 heavy (non-hydrogen) atoms. The summed E-state index contributed by atoms with van der Waals surface area (Å²) in [6.07, 6.45) is 3.91. The zero-order valence-electron chi connectivity index (χ0n) is 12.7.